The second kappa shape index (κ2) is 6.69. The summed E-state index contributed by atoms with van der Waals surface area (Å²) in [5.74, 6) is 0.413. The van der Waals surface area contributed by atoms with Gasteiger partial charge in [-0.05, 0) is 44.2 Å². The third-order valence-electron chi connectivity index (χ3n) is 6.00. The van der Waals surface area contributed by atoms with Gasteiger partial charge in [-0.3, -0.25) is 9.20 Å². The molecule has 8 nitrogen and oxygen atoms in total. The number of imidazole rings is 1. The van der Waals surface area contributed by atoms with Gasteiger partial charge in [0.15, 0.2) is 10.6 Å². The predicted octanol–water partition coefficient (Wildman–Crippen LogP) is 2.32. The Morgan fingerprint density at radius 2 is 1.90 bits per heavy atom. The molecule has 2 atom stereocenters. The van der Waals surface area contributed by atoms with Crippen molar-refractivity contribution in [3.8, 4) is 11.4 Å². The highest BCUT2D eigenvalue weighted by Gasteiger charge is 2.34. The number of nitrogens with zero attached hydrogens (tertiary/aromatic N) is 5. The Hall–Kier alpha value is -2.62. The summed E-state index contributed by atoms with van der Waals surface area (Å²) < 4.78 is 9.47. The smallest absolute Gasteiger partial charge is 0.259 e. The largest absolute Gasteiger partial charge is 0.372 e. The van der Waals surface area contributed by atoms with E-state index in [0.717, 1.165) is 42.8 Å². The fraction of sp³-hybridized carbons (Fsp3) is 0.429. The quantitative estimate of drug-likeness (QED) is 0.534. The molecule has 0 saturated carbocycles. The number of ether oxygens (including phenoxy) is 1. The average Bonchev–Trinajstić information content (AvgIpc) is 3.31. The molecule has 0 radical (unpaired) electrons. The van der Waals surface area contributed by atoms with Crippen molar-refractivity contribution >= 4 is 21.9 Å². The number of fused-ring (bicyclic) bond motifs is 4. The van der Waals surface area contributed by atoms with E-state index >= 15 is 0 Å². The van der Waals surface area contributed by atoms with Gasteiger partial charge in [0.1, 0.15) is 5.69 Å². The maximum absolute atomic E-state index is 12.9. The van der Waals surface area contributed by atoms with Crippen molar-refractivity contribution in [2.45, 2.75) is 44.8 Å². The summed E-state index contributed by atoms with van der Waals surface area (Å²) in [5.41, 5.74) is 3.94. The molecular formula is C21H22N6O2S. The molecule has 0 aromatic carbocycles. The van der Waals surface area contributed by atoms with E-state index in [1.54, 1.807) is 26.3 Å². The summed E-state index contributed by atoms with van der Waals surface area (Å²) in [6.45, 7) is 5.75. The third-order valence-corrected chi connectivity index (χ3v) is 7.15. The summed E-state index contributed by atoms with van der Waals surface area (Å²) in [5, 5.41) is 8.07. The first-order valence-corrected chi connectivity index (χ1v) is 11.1. The van der Waals surface area contributed by atoms with Crippen LogP contribution in [-0.4, -0.2) is 49.3 Å². The van der Waals surface area contributed by atoms with Crippen LogP contribution in [0.3, 0.4) is 0 Å². The Morgan fingerprint density at radius 1 is 1.10 bits per heavy atom. The van der Waals surface area contributed by atoms with Crippen LogP contribution in [0.1, 0.15) is 34.9 Å². The second-order valence-corrected chi connectivity index (χ2v) is 9.38. The minimum Gasteiger partial charge on any atom is -0.372 e. The van der Waals surface area contributed by atoms with E-state index in [1.807, 2.05) is 32.3 Å². The van der Waals surface area contributed by atoms with E-state index in [0.29, 0.717) is 22.3 Å². The van der Waals surface area contributed by atoms with Crippen LogP contribution in [0, 0.1) is 13.8 Å². The maximum atomic E-state index is 12.9. The van der Waals surface area contributed by atoms with Crippen LogP contribution in [0.4, 0.5) is 0 Å². The summed E-state index contributed by atoms with van der Waals surface area (Å²) in [6, 6.07) is 3.52. The Morgan fingerprint density at radius 3 is 2.70 bits per heavy atom. The van der Waals surface area contributed by atoms with Gasteiger partial charge in [-0.15, -0.1) is 11.3 Å². The van der Waals surface area contributed by atoms with E-state index in [9.17, 15) is 4.79 Å². The Labute approximate surface area is 176 Å². The minimum absolute atomic E-state index is 0.0761. The average molecular weight is 423 g/mol. The van der Waals surface area contributed by atoms with Crippen molar-refractivity contribution in [1.82, 2.24) is 29.3 Å². The molecule has 2 fully saturated rings. The number of rotatable bonds is 2. The molecule has 1 N–H and O–H groups in total. The van der Waals surface area contributed by atoms with E-state index in [2.05, 4.69) is 15.4 Å². The van der Waals surface area contributed by atoms with Crippen LogP contribution >= 0.6 is 11.3 Å². The first-order chi connectivity index (χ1) is 14.5. The van der Waals surface area contributed by atoms with Gasteiger partial charge in [0.2, 0.25) is 0 Å². The number of aryl methyl sites for hydroxylation is 2. The highest BCUT2D eigenvalue weighted by Crippen LogP contribution is 2.37. The molecule has 6 heterocycles. The first kappa shape index (κ1) is 18.2. The van der Waals surface area contributed by atoms with Gasteiger partial charge in [-0.1, -0.05) is 0 Å². The van der Waals surface area contributed by atoms with Crippen molar-refractivity contribution in [2.75, 3.05) is 13.1 Å². The van der Waals surface area contributed by atoms with Crippen LogP contribution in [0.2, 0.25) is 0 Å². The zero-order valence-electron chi connectivity index (χ0n) is 16.8. The second-order valence-electron chi connectivity index (χ2n) is 8.34. The molecule has 2 aliphatic heterocycles. The van der Waals surface area contributed by atoms with Crippen LogP contribution in [0.5, 0.6) is 0 Å². The summed E-state index contributed by atoms with van der Waals surface area (Å²) >= 11 is 1.61. The van der Waals surface area contributed by atoms with Crippen LogP contribution in [0.25, 0.3) is 22.0 Å². The number of nitrogens with one attached hydrogen (secondary N) is 1. The molecule has 2 aliphatic rings. The van der Waals surface area contributed by atoms with E-state index < -0.39 is 0 Å². The third kappa shape index (κ3) is 2.96. The number of hydrogen-bond donors (Lipinski definition) is 1. The topological polar surface area (TPSA) is 85.8 Å². The molecule has 4 aromatic heterocycles. The van der Waals surface area contributed by atoms with Gasteiger partial charge in [-0.2, -0.15) is 5.10 Å². The van der Waals surface area contributed by atoms with Crippen molar-refractivity contribution < 1.29 is 4.74 Å². The molecule has 0 amide bonds. The molecule has 2 unspecified atom stereocenters. The molecular weight excluding hydrogens is 400 g/mol. The zero-order valence-corrected chi connectivity index (χ0v) is 17.6. The Kier molecular flexibility index (Phi) is 4.06. The lowest BCUT2D eigenvalue weighted by Gasteiger charge is -2.39. The predicted molar refractivity (Wildman–Crippen MR) is 114 cm³/mol. The summed E-state index contributed by atoms with van der Waals surface area (Å²) in [7, 11) is 0. The normalized spacial score (nSPS) is 24.0. The number of aromatic nitrogens is 5. The van der Waals surface area contributed by atoms with Crippen LogP contribution < -0.4 is 10.9 Å². The van der Waals surface area contributed by atoms with Gasteiger partial charge in [0, 0.05) is 30.2 Å². The van der Waals surface area contributed by atoms with Crippen molar-refractivity contribution in [1.29, 1.82) is 0 Å². The van der Waals surface area contributed by atoms with Crippen molar-refractivity contribution in [3.05, 3.63) is 51.0 Å². The lowest BCUT2D eigenvalue weighted by molar-refractivity contribution is -0.0777. The molecule has 6 rings (SSSR count). The van der Waals surface area contributed by atoms with Gasteiger partial charge >= 0.3 is 0 Å². The highest BCUT2D eigenvalue weighted by atomic mass is 32.1. The molecule has 2 bridgehead atoms. The monoisotopic (exact) mass is 422 g/mol. The molecule has 30 heavy (non-hydrogen) atoms. The molecule has 0 spiro atoms. The molecule has 4 aromatic rings. The standard InChI is InChI=1S/C21H22N6O2S/c1-11-3-17(25-27-9-12(2)23-20(11)27)16-6-19(28)26-10-18(30-21(26)24-16)13-4-14-7-22-8-15(5-13)29-14/h3,6,9-10,13-15,22H,4-5,7-8H2,1-2H3. The Balaban J connectivity index is 1.41. The molecule has 0 aliphatic carbocycles. The lowest BCUT2D eigenvalue weighted by Crippen LogP contribution is -2.49. The molecule has 9 heteroatoms. The lowest BCUT2D eigenvalue weighted by atomic mass is 9.89. The van der Waals surface area contributed by atoms with Gasteiger partial charge in [0.05, 0.1) is 29.8 Å². The maximum Gasteiger partial charge on any atom is 0.259 e. The molecule has 2 saturated heterocycles. The minimum atomic E-state index is -0.0761. The van der Waals surface area contributed by atoms with Gasteiger partial charge < -0.3 is 10.1 Å². The number of hydrogen-bond acceptors (Lipinski definition) is 7. The van der Waals surface area contributed by atoms with Gasteiger partial charge in [-0.25, -0.2) is 14.5 Å². The number of morpholine rings is 1. The van der Waals surface area contributed by atoms with Gasteiger partial charge in [0.25, 0.3) is 5.56 Å². The fourth-order valence-electron chi connectivity index (χ4n) is 4.62. The van der Waals surface area contributed by atoms with Crippen LogP contribution in [-0.2, 0) is 4.74 Å². The van der Waals surface area contributed by atoms with Crippen molar-refractivity contribution in [3.63, 3.8) is 0 Å². The summed E-state index contributed by atoms with van der Waals surface area (Å²) in [4.78, 5) is 24.1. The zero-order chi connectivity index (χ0) is 20.4. The molecule has 154 valence electrons. The van der Waals surface area contributed by atoms with E-state index in [4.69, 9.17) is 9.72 Å². The van der Waals surface area contributed by atoms with Crippen LogP contribution in [0.15, 0.2) is 29.3 Å². The van der Waals surface area contributed by atoms with E-state index in [1.165, 1.54) is 4.88 Å². The Bertz CT molecular complexity index is 1330. The van der Waals surface area contributed by atoms with E-state index in [-0.39, 0.29) is 17.8 Å². The summed E-state index contributed by atoms with van der Waals surface area (Å²) in [6.07, 6.45) is 6.33. The first-order valence-electron chi connectivity index (χ1n) is 10.3. The van der Waals surface area contributed by atoms with Crippen molar-refractivity contribution in [2.24, 2.45) is 0 Å². The SMILES string of the molecule is Cc1cn2nc(-c3cc(=O)n4cc(C5CC6CNCC(C5)O6)sc4n3)cc(C)c2n1. The fourth-order valence-corrected chi connectivity index (χ4v) is 5.74. The number of thiazole rings is 1. The highest BCUT2D eigenvalue weighted by molar-refractivity contribution is 7.17.